The number of nitrogens with zero attached hydrogens (tertiary/aromatic N) is 1. The molecule has 1 amide bonds. The van der Waals surface area contributed by atoms with Crippen molar-refractivity contribution in [3.8, 4) is 11.5 Å². The van der Waals surface area contributed by atoms with Gasteiger partial charge in [0.2, 0.25) is 5.91 Å². The topological polar surface area (TPSA) is 60.5 Å². The minimum absolute atomic E-state index is 0.106. The van der Waals surface area contributed by atoms with Gasteiger partial charge in [-0.2, -0.15) is 0 Å². The van der Waals surface area contributed by atoms with Crippen LogP contribution in [-0.4, -0.2) is 25.1 Å². The van der Waals surface area contributed by atoms with Crippen LogP contribution >= 0.6 is 0 Å². The summed E-state index contributed by atoms with van der Waals surface area (Å²) >= 11 is 0. The van der Waals surface area contributed by atoms with Crippen molar-refractivity contribution in [3.05, 3.63) is 48.3 Å². The van der Waals surface area contributed by atoms with E-state index in [9.17, 15) is 4.79 Å². The van der Waals surface area contributed by atoms with E-state index in [1.54, 1.807) is 50.9 Å². The molecule has 5 nitrogen and oxygen atoms in total. The Bertz CT molecular complexity index is 585. The van der Waals surface area contributed by atoms with Crippen LogP contribution in [0.1, 0.15) is 5.56 Å². The number of hydrogen-bond acceptors (Lipinski definition) is 4. The molecule has 0 aliphatic heterocycles. The number of anilines is 1. The van der Waals surface area contributed by atoms with Gasteiger partial charge in [0.1, 0.15) is 0 Å². The Labute approximate surface area is 117 Å². The summed E-state index contributed by atoms with van der Waals surface area (Å²) in [5.74, 6) is 1.15. The molecule has 2 rings (SSSR count). The Morgan fingerprint density at radius 1 is 1.20 bits per heavy atom. The molecule has 0 aliphatic carbocycles. The zero-order valence-corrected chi connectivity index (χ0v) is 11.4. The Balaban J connectivity index is 2.04. The van der Waals surface area contributed by atoms with Gasteiger partial charge in [-0.15, -0.1) is 0 Å². The SMILES string of the molecule is COc1ccc(CC(=O)Nc2cccnc2)cc1OC. The van der Waals surface area contributed by atoms with E-state index in [1.807, 2.05) is 6.07 Å². The molecule has 5 heteroatoms. The fourth-order valence-electron chi connectivity index (χ4n) is 1.82. The van der Waals surface area contributed by atoms with E-state index in [0.29, 0.717) is 17.2 Å². The monoisotopic (exact) mass is 272 g/mol. The van der Waals surface area contributed by atoms with Crippen LogP contribution in [0.3, 0.4) is 0 Å². The minimum Gasteiger partial charge on any atom is -0.493 e. The number of pyridine rings is 1. The second-order valence-electron chi connectivity index (χ2n) is 4.16. The van der Waals surface area contributed by atoms with Crippen molar-refractivity contribution in [3.63, 3.8) is 0 Å². The average molecular weight is 272 g/mol. The van der Waals surface area contributed by atoms with E-state index in [1.165, 1.54) is 0 Å². The summed E-state index contributed by atoms with van der Waals surface area (Å²) in [5, 5.41) is 2.78. The van der Waals surface area contributed by atoms with Gasteiger partial charge in [0, 0.05) is 6.20 Å². The van der Waals surface area contributed by atoms with Crippen molar-refractivity contribution in [1.29, 1.82) is 0 Å². The van der Waals surface area contributed by atoms with Gasteiger partial charge in [-0.1, -0.05) is 6.07 Å². The van der Waals surface area contributed by atoms with Crippen LogP contribution in [0.15, 0.2) is 42.7 Å². The maximum absolute atomic E-state index is 11.9. The van der Waals surface area contributed by atoms with E-state index >= 15 is 0 Å². The number of benzene rings is 1. The lowest BCUT2D eigenvalue weighted by Crippen LogP contribution is -2.14. The molecular formula is C15H16N2O3. The number of amides is 1. The van der Waals surface area contributed by atoms with Crippen molar-refractivity contribution < 1.29 is 14.3 Å². The molecule has 0 bridgehead atoms. The molecule has 0 atom stereocenters. The number of hydrogen-bond donors (Lipinski definition) is 1. The van der Waals surface area contributed by atoms with Gasteiger partial charge in [0.25, 0.3) is 0 Å². The number of carbonyl (C=O) groups excluding carboxylic acids is 1. The first-order chi connectivity index (χ1) is 9.72. The van der Waals surface area contributed by atoms with Crippen molar-refractivity contribution in [2.75, 3.05) is 19.5 Å². The lowest BCUT2D eigenvalue weighted by molar-refractivity contribution is -0.115. The summed E-state index contributed by atoms with van der Waals surface area (Å²) in [4.78, 5) is 15.9. The summed E-state index contributed by atoms with van der Waals surface area (Å²) in [7, 11) is 3.14. The Morgan fingerprint density at radius 2 is 2.00 bits per heavy atom. The van der Waals surface area contributed by atoms with E-state index in [0.717, 1.165) is 5.56 Å². The lowest BCUT2D eigenvalue weighted by atomic mass is 10.1. The maximum atomic E-state index is 11.9. The van der Waals surface area contributed by atoms with Gasteiger partial charge in [0.15, 0.2) is 11.5 Å². The molecular weight excluding hydrogens is 256 g/mol. The van der Waals surface area contributed by atoms with Crippen LogP contribution in [0.5, 0.6) is 11.5 Å². The molecule has 1 aromatic carbocycles. The predicted molar refractivity (Wildman–Crippen MR) is 76.1 cm³/mol. The van der Waals surface area contributed by atoms with Gasteiger partial charge in [-0.3, -0.25) is 9.78 Å². The van der Waals surface area contributed by atoms with Crippen LogP contribution in [0.2, 0.25) is 0 Å². The van der Waals surface area contributed by atoms with Crippen molar-refractivity contribution in [1.82, 2.24) is 4.98 Å². The number of methoxy groups -OCH3 is 2. The van der Waals surface area contributed by atoms with Gasteiger partial charge < -0.3 is 14.8 Å². The summed E-state index contributed by atoms with van der Waals surface area (Å²) in [5.41, 5.74) is 1.53. The van der Waals surface area contributed by atoms with E-state index < -0.39 is 0 Å². The largest absolute Gasteiger partial charge is 0.493 e. The third-order valence-corrected chi connectivity index (χ3v) is 2.76. The van der Waals surface area contributed by atoms with Crippen molar-refractivity contribution in [2.45, 2.75) is 6.42 Å². The summed E-state index contributed by atoms with van der Waals surface area (Å²) < 4.78 is 10.4. The summed E-state index contributed by atoms with van der Waals surface area (Å²) in [6, 6.07) is 8.98. The third kappa shape index (κ3) is 3.47. The second-order valence-corrected chi connectivity index (χ2v) is 4.16. The Hall–Kier alpha value is -2.56. The smallest absolute Gasteiger partial charge is 0.228 e. The van der Waals surface area contributed by atoms with E-state index in [4.69, 9.17) is 9.47 Å². The number of carbonyl (C=O) groups is 1. The molecule has 1 N–H and O–H groups in total. The van der Waals surface area contributed by atoms with E-state index in [-0.39, 0.29) is 12.3 Å². The first-order valence-electron chi connectivity index (χ1n) is 6.13. The number of nitrogens with one attached hydrogen (secondary N) is 1. The van der Waals surface area contributed by atoms with Crippen LogP contribution in [-0.2, 0) is 11.2 Å². The zero-order chi connectivity index (χ0) is 14.4. The molecule has 0 fully saturated rings. The van der Waals surface area contributed by atoms with Gasteiger partial charge >= 0.3 is 0 Å². The molecule has 0 saturated heterocycles. The molecule has 20 heavy (non-hydrogen) atoms. The van der Waals surface area contributed by atoms with Crippen LogP contribution in [0, 0.1) is 0 Å². The molecule has 1 aromatic heterocycles. The molecule has 0 saturated carbocycles. The second kappa shape index (κ2) is 6.56. The first-order valence-corrected chi connectivity index (χ1v) is 6.13. The molecule has 0 spiro atoms. The fourth-order valence-corrected chi connectivity index (χ4v) is 1.82. The summed E-state index contributed by atoms with van der Waals surface area (Å²) in [6.45, 7) is 0. The quantitative estimate of drug-likeness (QED) is 0.907. The van der Waals surface area contributed by atoms with E-state index in [2.05, 4.69) is 10.3 Å². The number of rotatable bonds is 5. The van der Waals surface area contributed by atoms with Crippen molar-refractivity contribution in [2.24, 2.45) is 0 Å². The van der Waals surface area contributed by atoms with Gasteiger partial charge in [-0.25, -0.2) is 0 Å². The zero-order valence-electron chi connectivity index (χ0n) is 11.4. The highest BCUT2D eigenvalue weighted by molar-refractivity contribution is 5.92. The number of aromatic nitrogens is 1. The van der Waals surface area contributed by atoms with Crippen LogP contribution in [0.25, 0.3) is 0 Å². The highest BCUT2D eigenvalue weighted by Gasteiger charge is 2.08. The molecule has 2 aromatic rings. The number of ether oxygens (including phenoxy) is 2. The molecule has 1 heterocycles. The minimum atomic E-state index is -0.106. The maximum Gasteiger partial charge on any atom is 0.228 e. The standard InChI is InChI=1S/C15H16N2O3/c1-19-13-6-5-11(8-14(13)20-2)9-15(18)17-12-4-3-7-16-10-12/h3-8,10H,9H2,1-2H3,(H,17,18). The van der Waals surface area contributed by atoms with Gasteiger partial charge in [-0.05, 0) is 29.8 Å². The van der Waals surface area contributed by atoms with Crippen LogP contribution < -0.4 is 14.8 Å². The van der Waals surface area contributed by atoms with Gasteiger partial charge in [0.05, 0.1) is 32.5 Å². The molecule has 0 radical (unpaired) electrons. The highest BCUT2D eigenvalue weighted by atomic mass is 16.5. The Morgan fingerprint density at radius 3 is 2.65 bits per heavy atom. The Kier molecular flexibility index (Phi) is 4.55. The summed E-state index contributed by atoms with van der Waals surface area (Å²) in [6.07, 6.45) is 3.52. The van der Waals surface area contributed by atoms with Crippen molar-refractivity contribution >= 4 is 11.6 Å². The third-order valence-electron chi connectivity index (χ3n) is 2.76. The fraction of sp³-hybridized carbons (Fsp3) is 0.200. The highest BCUT2D eigenvalue weighted by Crippen LogP contribution is 2.27. The molecule has 0 aliphatic rings. The predicted octanol–water partition coefficient (Wildman–Crippen LogP) is 2.28. The molecule has 104 valence electrons. The average Bonchev–Trinajstić information content (AvgIpc) is 2.48. The van der Waals surface area contributed by atoms with Crippen LogP contribution in [0.4, 0.5) is 5.69 Å². The molecule has 0 unspecified atom stereocenters. The normalized spacial score (nSPS) is 9.90. The first kappa shape index (κ1) is 13.9. The lowest BCUT2D eigenvalue weighted by Gasteiger charge is -2.09.